The first-order valence-corrected chi connectivity index (χ1v) is 5.85. The standard InChI is InChI=1S/C13H15NO2/c15-13-10(12-6-3-7-16-12)8-9-4-1-2-5-11(9)14-13/h1-2,4-5,10,12H,3,6-8H2,(H,14,15). The van der Waals surface area contributed by atoms with Crippen molar-refractivity contribution in [2.75, 3.05) is 11.9 Å². The summed E-state index contributed by atoms with van der Waals surface area (Å²) < 4.78 is 5.62. The van der Waals surface area contributed by atoms with Crippen LogP contribution in [0.4, 0.5) is 5.69 Å². The Morgan fingerprint density at radius 1 is 1.31 bits per heavy atom. The lowest BCUT2D eigenvalue weighted by Crippen LogP contribution is -2.37. The smallest absolute Gasteiger partial charge is 0.230 e. The molecule has 3 heteroatoms. The molecule has 2 unspecified atom stereocenters. The van der Waals surface area contributed by atoms with Crippen LogP contribution in [0.3, 0.4) is 0 Å². The molecule has 3 rings (SSSR count). The van der Waals surface area contributed by atoms with Gasteiger partial charge in [-0.25, -0.2) is 0 Å². The van der Waals surface area contributed by atoms with Gasteiger partial charge in [-0.05, 0) is 30.9 Å². The Hall–Kier alpha value is -1.35. The zero-order valence-corrected chi connectivity index (χ0v) is 9.11. The van der Waals surface area contributed by atoms with Crippen molar-refractivity contribution in [3.8, 4) is 0 Å². The van der Waals surface area contributed by atoms with Gasteiger partial charge in [0.15, 0.2) is 0 Å². The van der Waals surface area contributed by atoms with Crippen LogP contribution in [0.5, 0.6) is 0 Å². The van der Waals surface area contributed by atoms with E-state index >= 15 is 0 Å². The van der Waals surface area contributed by atoms with E-state index in [0.29, 0.717) is 0 Å². The first kappa shape index (κ1) is 9.85. The van der Waals surface area contributed by atoms with Gasteiger partial charge < -0.3 is 10.1 Å². The normalized spacial score (nSPS) is 28.6. The number of hydrogen-bond donors (Lipinski definition) is 1. The number of rotatable bonds is 1. The Bertz CT molecular complexity index is 410. The van der Waals surface area contributed by atoms with E-state index < -0.39 is 0 Å². The number of fused-ring (bicyclic) bond motifs is 1. The lowest BCUT2D eigenvalue weighted by atomic mass is 9.88. The summed E-state index contributed by atoms with van der Waals surface area (Å²) in [6, 6.07) is 8.00. The molecule has 1 amide bonds. The monoisotopic (exact) mass is 217 g/mol. The number of benzene rings is 1. The minimum absolute atomic E-state index is 0.00241. The van der Waals surface area contributed by atoms with Crippen molar-refractivity contribution in [3.63, 3.8) is 0 Å². The van der Waals surface area contributed by atoms with Gasteiger partial charge in [0.2, 0.25) is 5.91 Å². The van der Waals surface area contributed by atoms with Crippen molar-refractivity contribution >= 4 is 11.6 Å². The molecule has 1 fully saturated rings. The third-order valence-corrected chi connectivity index (χ3v) is 3.47. The molecule has 1 saturated heterocycles. The molecule has 1 aromatic carbocycles. The SMILES string of the molecule is O=C1Nc2ccccc2CC1C1CCCO1. The van der Waals surface area contributed by atoms with Crippen molar-refractivity contribution in [1.29, 1.82) is 0 Å². The maximum Gasteiger partial charge on any atom is 0.230 e. The molecule has 1 aromatic rings. The summed E-state index contributed by atoms with van der Waals surface area (Å²) in [5, 5.41) is 2.97. The summed E-state index contributed by atoms with van der Waals surface area (Å²) in [6.07, 6.45) is 3.02. The van der Waals surface area contributed by atoms with Gasteiger partial charge in [0.05, 0.1) is 12.0 Å². The van der Waals surface area contributed by atoms with Crippen LogP contribution in [0.1, 0.15) is 18.4 Å². The molecular weight excluding hydrogens is 202 g/mol. The fourth-order valence-corrected chi connectivity index (χ4v) is 2.60. The Balaban J connectivity index is 1.86. The molecule has 0 radical (unpaired) electrons. The fraction of sp³-hybridized carbons (Fsp3) is 0.462. The van der Waals surface area contributed by atoms with Gasteiger partial charge in [0, 0.05) is 12.3 Å². The summed E-state index contributed by atoms with van der Waals surface area (Å²) in [5.41, 5.74) is 2.18. The maximum absolute atomic E-state index is 12.0. The summed E-state index contributed by atoms with van der Waals surface area (Å²) in [6.45, 7) is 0.802. The molecule has 0 spiro atoms. The quantitative estimate of drug-likeness (QED) is 0.781. The predicted molar refractivity (Wildman–Crippen MR) is 61.2 cm³/mol. The summed E-state index contributed by atoms with van der Waals surface area (Å²) in [7, 11) is 0. The van der Waals surface area contributed by atoms with Gasteiger partial charge in [-0.15, -0.1) is 0 Å². The summed E-state index contributed by atoms with van der Waals surface area (Å²) >= 11 is 0. The van der Waals surface area contributed by atoms with Crippen molar-refractivity contribution in [2.45, 2.75) is 25.4 Å². The first-order chi connectivity index (χ1) is 7.84. The van der Waals surface area contributed by atoms with Crippen LogP contribution in [0.15, 0.2) is 24.3 Å². The highest BCUT2D eigenvalue weighted by Crippen LogP contribution is 2.31. The Labute approximate surface area is 94.8 Å². The van der Waals surface area contributed by atoms with Gasteiger partial charge in [-0.3, -0.25) is 4.79 Å². The topological polar surface area (TPSA) is 38.3 Å². The van der Waals surface area contributed by atoms with Crippen LogP contribution in [-0.4, -0.2) is 18.6 Å². The minimum Gasteiger partial charge on any atom is -0.377 e. The third-order valence-electron chi connectivity index (χ3n) is 3.47. The number of para-hydroxylation sites is 1. The van der Waals surface area contributed by atoms with Crippen LogP contribution in [-0.2, 0) is 16.0 Å². The molecule has 0 aromatic heterocycles. The number of carbonyl (C=O) groups excluding carboxylic acids is 1. The van der Waals surface area contributed by atoms with E-state index in [1.165, 1.54) is 5.56 Å². The summed E-state index contributed by atoms with van der Waals surface area (Å²) in [4.78, 5) is 12.0. The lowest BCUT2D eigenvalue weighted by Gasteiger charge is -2.28. The Morgan fingerprint density at radius 2 is 2.19 bits per heavy atom. The Morgan fingerprint density at radius 3 is 3.00 bits per heavy atom. The van der Waals surface area contributed by atoms with Gasteiger partial charge in [-0.2, -0.15) is 0 Å². The second-order valence-electron chi connectivity index (χ2n) is 4.51. The zero-order valence-electron chi connectivity index (χ0n) is 9.11. The molecule has 0 bridgehead atoms. The average molecular weight is 217 g/mol. The van der Waals surface area contributed by atoms with E-state index in [9.17, 15) is 4.79 Å². The number of nitrogens with one attached hydrogen (secondary N) is 1. The second kappa shape index (κ2) is 3.91. The first-order valence-electron chi connectivity index (χ1n) is 5.85. The average Bonchev–Trinajstić information content (AvgIpc) is 2.81. The van der Waals surface area contributed by atoms with Crippen molar-refractivity contribution in [1.82, 2.24) is 0 Å². The molecule has 3 nitrogen and oxygen atoms in total. The Kier molecular flexibility index (Phi) is 2.40. The van der Waals surface area contributed by atoms with E-state index in [-0.39, 0.29) is 17.9 Å². The molecule has 1 N–H and O–H groups in total. The molecule has 2 heterocycles. The van der Waals surface area contributed by atoms with E-state index in [4.69, 9.17) is 4.74 Å². The van der Waals surface area contributed by atoms with Crippen LogP contribution in [0, 0.1) is 5.92 Å². The van der Waals surface area contributed by atoms with Crippen LogP contribution in [0.2, 0.25) is 0 Å². The van der Waals surface area contributed by atoms with E-state index in [2.05, 4.69) is 11.4 Å². The number of ether oxygens (including phenoxy) is 1. The van der Waals surface area contributed by atoms with E-state index in [1.54, 1.807) is 0 Å². The van der Waals surface area contributed by atoms with Gasteiger partial charge >= 0.3 is 0 Å². The number of anilines is 1. The van der Waals surface area contributed by atoms with Gasteiger partial charge in [0.25, 0.3) is 0 Å². The minimum atomic E-state index is -0.00241. The van der Waals surface area contributed by atoms with Crippen molar-refractivity contribution < 1.29 is 9.53 Å². The van der Waals surface area contributed by atoms with Gasteiger partial charge in [-0.1, -0.05) is 18.2 Å². The maximum atomic E-state index is 12.0. The number of carbonyl (C=O) groups is 1. The molecule has 2 aliphatic heterocycles. The number of hydrogen-bond acceptors (Lipinski definition) is 2. The van der Waals surface area contributed by atoms with E-state index in [1.807, 2.05) is 18.2 Å². The molecule has 0 aliphatic carbocycles. The van der Waals surface area contributed by atoms with Crippen molar-refractivity contribution in [2.24, 2.45) is 5.92 Å². The van der Waals surface area contributed by atoms with E-state index in [0.717, 1.165) is 31.6 Å². The molecule has 16 heavy (non-hydrogen) atoms. The molecule has 84 valence electrons. The van der Waals surface area contributed by atoms with Crippen LogP contribution < -0.4 is 5.32 Å². The third kappa shape index (κ3) is 1.61. The summed E-state index contributed by atoms with van der Waals surface area (Å²) in [5.74, 6) is 0.114. The molecule has 0 saturated carbocycles. The fourth-order valence-electron chi connectivity index (χ4n) is 2.60. The highest BCUT2D eigenvalue weighted by atomic mass is 16.5. The largest absolute Gasteiger partial charge is 0.377 e. The highest BCUT2D eigenvalue weighted by Gasteiger charge is 2.35. The zero-order chi connectivity index (χ0) is 11.0. The predicted octanol–water partition coefficient (Wildman–Crippen LogP) is 1.98. The molecule has 2 aliphatic rings. The number of amides is 1. The lowest BCUT2D eigenvalue weighted by molar-refractivity contribution is -0.124. The van der Waals surface area contributed by atoms with Crippen LogP contribution >= 0.6 is 0 Å². The van der Waals surface area contributed by atoms with Crippen molar-refractivity contribution in [3.05, 3.63) is 29.8 Å². The second-order valence-corrected chi connectivity index (χ2v) is 4.51. The molecular formula is C13H15NO2. The molecule has 2 atom stereocenters. The highest BCUT2D eigenvalue weighted by molar-refractivity contribution is 5.96. The van der Waals surface area contributed by atoms with Gasteiger partial charge in [0.1, 0.15) is 0 Å². The van der Waals surface area contributed by atoms with Crippen LogP contribution in [0.25, 0.3) is 0 Å².